The van der Waals surface area contributed by atoms with Crippen molar-refractivity contribution in [1.82, 2.24) is 9.80 Å². The largest absolute Gasteiger partial charge is 0.490 e. The third kappa shape index (κ3) is 5.34. The molecule has 7 nitrogen and oxygen atoms in total. The van der Waals surface area contributed by atoms with Crippen LogP contribution in [-0.2, 0) is 6.61 Å². The van der Waals surface area contributed by atoms with Crippen molar-refractivity contribution in [1.29, 1.82) is 0 Å². The summed E-state index contributed by atoms with van der Waals surface area (Å²) in [5, 5.41) is 0.481. The van der Waals surface area contributed by atoms with E-state index in [-0.39, 0.29) is 17.1 Å². The Morgan fingerprint density at radius 1 is 0.900 bits per heavy atom. The molecule has 1 aliphatic heterocycles. The highest BCUT2D eigenvalue weighted by Crippen LogP contribution is 2.41. The first-order valence-corrected chi connectivity index (χ1v) is 14.0. The number of amides is 1. The molecule has 1 aliphatic rings. The Morgan fingerprint density at radius 2 is 1.68 bits per heavy atom. The molecule has 0 saturated heterocycles. The van der Waals surface area contributed by atoms with Crippen molar-refractivity contribution < 1.29 is 18.7 Å². The van der Waals surface area contributed by atoms with E-state index in [4.69, 9.17) is 13.9 Å². The zero-order valence-electron chi connectivity index (χ0n) is 23.6. The maximum absolute atomic E-state index is 13.9. The minimum Gasteiger partial charge on any atom is -0.490 e. The Bertz CT molecular complexity index is 1560. The van der Waals surface area contributed by atoms with E-state index < -0.39 is 6.04 Å². The Kier molecular flexibility index (Phi) is 8.21. The second kappa shape index (κ2) is 12.0. The van der Waals surface area contributed by atoms with Gasteiger partial charge in [-0.05, 0) is 62.3 Å². The van der Waals surface area contributed by atoms with Gasteiger partial charge in [0.15, 0.2) is 16.9 Å². The van der Waals surface area contributed by atoms with Gasteiger partial charge in [-0.25, -0.2) is 0 Å². The summed E-state index contributed by atoms with van der Waals surface area (Å²) in [6.45, 7) is 11.8. The maximum Gasteiger partial charge on any atom is 0.290 e. The zero-order chi connectivity index (χ0) is 28.2. The molecular weight excluding hydrogens is 504 g/mol. The summed E-state index contributed by atoms with van der Waals surface area (Å²) in [5.74, 6) is 1.03. The van der Waals surface area contributed by atoms with Gasteiger partial charge >= 0.3 is 0 Å². The number of hydrogen-bond acceptors (Lipinski definition) is 6. The number of carbonyl (C=O) groups excluding carboxylic acids is 1. The van der Waals surface area contributed by atoms with Crippen LogP contribution < -0.4 is 14.9 Å². The van der Waals surface area contributed by atoms with E-state index in [0.29, 0.717) is 54.3 Å². The van der Waals surface area contributed by atoms with Crippen LogP contribution in [0.1, 0.15) is 59.6 Å². The van der Waals surface area contributed by atoms with Crippen molar-refractivity contribution in [3.8, 4) is 11.5 Å². The molecule has 0 aliphatic carbocycles. The highest BCUT2D eigenvalue weighted by Gasteiger charge is 2.43. The Morgan fingerprint density at radius 3 is 2.40 bits per heavy atom. The van der Waals surface area contributed by atoms with Gasteiger partial charge in [-0.3, -0.25) is 9.59 Å². The molecular formula is C33H36N2O5. The molecule has 1 unspecified atom stereocenters. The minimum atomic E-state index is -0.596. The van der Waals surface area contributed by atoms with E-state index in [0.717, 1.165) is 29.8 Å². The van der Waals surface area contributed by atoms with E-state index in [1.54, 1.807) is 11.0 Å². The van der Waals surface area contributed by atoms with Gasteiger partial charge in [0, 0.05) is 13.1 Å². The van der Waals surface area contributed by atoms with Crippen molar-refractivity contribution >= 4 is 16.9 Å². The molecule has 2 heterocycles. The molecule has 1 atom stereocenters. The first-order chi connectivity index (χ1) is 19.4. The van der Waals surface area contributed by atoms with E-state index >= 15 is 0 Å². The lowest BCUT2D eigenvalue weighted by atomic mass is 9.97. The molecule has 7 heteroatoms. The first kappa shape index (κ1) is 27.5. The fourth-order valence-corrected chi connectivity index (χ4v) is 5.32. The molecule has 0 N–H and O–H groups in total. The summed E-state index contributed by atoms with van der Waals surface area (Å²) >= 11 is 0. The smallest absolute Gasteiger partial charge is 0.290 e. The van der Waals surface area contributed by atoms with Crippen LogP contribution in [0.2, 0.25) is 0 Å². The molecule has 4 aromatic rings. The lowest BCUT2D eigenvalue weighted by molar-refractivity contribution is 0.0708. The van der Waals surface area contributed by atoms with Crippen LogP contribution in [0.3, 0.4) is 0 Å². The molecule has 0 fully saturated rings. The van der Waals surface area contributed by atoms with Crippen LogP contribution in [0.5, 0.6) is 11.5 Å². The molecule has 1 amide bonds. The standard InChI is InChI=1S/C33H36N2O5/c1-5-34(6-2)17-18-35-30(29-31(36)25-19-22(4)13-15-26(25)40-32(29)33(35)37)24-14-16-27(28(20-24)38-7-3)39-21-23-11-9-8-10-12-23/h8-16,19-20,30H,5-7,17-18,21H2,1-4H3. The summed E-state index contributed by atoms with van der Waals surface area (Å²) in [6.07, 6.45) is 0. The minimum absolute atomic E-state index is 0.119. The normalized spacial score (nSPS) is 14.7. The second-order valence-corrected chi connectivity index (χ2v) is 10.0. The van der Waals surface area contributed by atoms with Gasteiger partial charge in [0.2, 0.25) is 5.76 Å². The van der Waals surface area contributed by atoms with E-state index in [1.807, 2.05) is 74.5 Å². The van der Waals surface area contributed by atoms with Crippen molar-refractivity contribution in [2.24, 2.45) is 0 Å². The van der Waals surface area contributed by atoms with Crippen LogP contribution in [-0.4, -0.2) is 48.5 Å². The van der Waals surface area contributed by atoms with Gasteiger partial charge in [-0.1, -0.05) is 61.9 Å². The summed E-state index contributed by atoms with van der Waals surface area (Å²) in [5.41, 5.74) is 3.41. The van der Waals surface area contributed by atoms with Gasteiger partial charge in [-0.2, -0.15) is 0 Å². The van der Waals surface area contributed by atoms with Crippen molar-refractivity contribution in [3.63, 3.8) is 0 Å². The van der Waals surface area contributed by atoms with Crippen molar-refractivity contribution in [2.75, 3.05) is 32.8 Å². The summed E-state index contributed by atoms with van der Waals surface area (Å²) < 4.78 is 18.2. The molecule has 5 rings (SSSR count). The number of likely N-dealkylation sites (N-methyl/N-ethyl adjacent to an activating group) is 1. The molecule has 0 bridgehead atoms. The topological polar surface area (TPSA) is 72.2 Å². The van der Waals surface area contributed by atoms with Crippen LogP contribution in [0.25, 0.3) is 11.0 Å². The molecule has 0 radical (unpaired) electrons. The average molecular weight is 541 g/mol. The zero-order valence-corrected chi connectivity index (χ0v) is 23.6. The van der Waals surface area contributed by atoms with Gasteiger partial charge in [0.25, 0.3) is 5.91 Å². The summed E-state index contributed by atoms with van der Waals surface area (Å²) in [6, 6.07) is 20.5. The Balaban J connectivity index is 1.58. The Labute approximate surface area is 234 Å². The molecule has 1 aromatic heterocycles. The number of nitrogens with zero attached hydrogens (tertiary/aromatic N) is 2. The van der Waals surface area contributed by atoms with E-state index in [2.05, 4.69) is 18.7 Å². The fourth-order valence-electron chi connectivity index (χ4n) is 5.32. The van der Waals surface area contributed by atoms with Crippen LogP contribution in [0.15, 0.2) is 75.9 Å². The van der Waals surface area contributed by atoms with Crippen LogP contribution >= 0.6 is 0 Å². The van der Waals surface area contributed by atoms with Gasteiger partial charge in [0.1, 0.15) is 12.2 Å². The van der Waals surface area contributed by atoms with E-state index in [1.165, 1.54) is 0 Å². The number of ether oxygens (including phenoxy) is 2. The number of carbonyl (C=O) groups is 1. The second-order valence-electron chi connectivity index (χ2n) is 10.0. The summed E-state index contributed by atoms with van der Waals surface area (Å²) in [4.78, 5) is 31.7. The number of hydrogen-bond donors (Lipinski definition) is 0. The highest BCUT2D eigenvalue weighted by molar-refractivity contribution is 5.99. The number of rotatable bonds is 11. The molecule has 40 heavy (non-hydrogen) atoms. The maximum atomic E-state index is 13.9. The average Bonchev–Trinajstić information content (AvgIpc) is 3.25. The molecule has 0 spiro atoms. The van der Waals surface area contributed by atoms with Crippen LogP contribution in [0.4, 0.5) is 0 Å². The quantitative estimate of drug-likeness (QED) is 0.234. The molecule has 208 valence electrons. The SMILES string of the molecule is CCOc1cc(C2c3c(oc4ccc(C)cc4c3=O)C(=O)N2CCN(CC)CC)ccc1OCc1ccccc1. The molecule has 0 saturated carbocycles. The predicted molar refractivity (Wildman–Crippen MR) is 156 cm³/mol. The number of benzene rings is 3. The molecule has 3 aromatic carbocycles. The third-order valence-corrected chi connectivity index (χ3v) is 7.49. The van der Waals surface area contributed by atoms with Gasteiger partial charge < -0.3 is 23.7 Å². The van der Waals surface area contributed by atoms with E-state index in [9.17, 15) is 9.59 Å². The fraction of sp³-hybridized carbons (Fsp3) is 0.333. The highest BCUT2D eigenvalue weighted by atomic mass is 16.5. The van der Waals surface area contributed by atoms with Gasteiger partial charge in [0.05, 0.1) is 23.6 Å². The number of fused-ring (bicyclic) bond motifs is 2. The van der Waals surface area contributed by atoms with Crippen molar-refractivity contribution in [2.45, 2.75) is 40.3 Å². The lowest BCUT2D eigenvalue weighted by Crippen LogP contribution is -2.37. The Hall–Kier alpha value is -4.10. The first-order valence-electron chi connectivity index (χ1n) is 14.0. The van der Waals surface area contributed by atoms with Crippen LogP contribution in [0, 0.1) is 6.92 Å². The monoisotopic (exact) mass is 540 g/mol. The number of aryl methyl sites for hydroxylation is 1. The summed E-state index contributed by atoms with van der Waals surface area (Å²) in [7, 11) is 0. The van der Waals surface area contributed by atoms with Crippen molar-refractivity contribution in [3.05, 3.63) is 105 Å². The lowest BCUT2D eigenvalue weighted by Gasteiger charge is -2.28. The predicted octanol–water partition coefficient (Wildman–Crippen LogP) is 5.97. The third-order valence-electron chi connectivity index (χ3n) is 7.49. The van der Waals surface area contributed by atoms with Gasteiger partial charge in [-0.15, -0.1) is 0 Å².